The molecule has 0 aliphatic carbocycles. The molecule has 2 aromatic carbocycles. The van der Waals surface area contributed by atoms with Crippen LogP contribution in [-0.4, -0.2) is 42.1 Å². The van der Waals surface area contributed by atoms with E-state index in [4.69, 9.17) is 5.73 Å². The molecule has 0 atom stereocenters. The lowest BCUT2D eigenvalue weighted by atomic mass is 9.78. The SMILES string of the molecule is Nc1cnnc2cc(-c3cc(B(O)O)ccc3-n3cncn3)ccc12. The molecule has 4 aromatic rings. The highest BCUT2D eigenvalue weighted by Gasteiger charge is 2.16. The fraction of sp³-hybridized carbons (Fsp3) is 0. The van der Waals surface area contributed by atoms with E-state index >= 15 is 0 Å². The predicted molar refractivity (Wildman–Crippen MR) is 94.1 cm³/mol. The number of nitrogen functional groups attached to an aromatic ring is 1. The van der Waals surface area contributed by atoms with Crippen molar-refractivity contribution in [2.24, 2.45) is 0 Å². The van der Waals surface area contributed by atoms with Gasteiger partial charge in [0, 0.05) is 10.9 Å². The van der Waals surface area contributed by atoms with Crippen LogP contribution in [0.1, 0.15) is 0 Å². The van der Waals surface area contributed by atoms with Gasteiger partial charge < -0.3 is 15.8 Å². The Hall–Kier alpha value is -3.30. The number of aromatic nitrogens is 5. The zero-order chi connectivity index (χ0) is 17.4. The molecule has 0 bridgehead atoms. The van der Waals surface area contributed by atoms with Crippen molar-refractivity contribution in [3.8, 4) is 16.8 Å². The second kappa shape index (κ2) is 5.97. The van der Waals surface area contributed by atoms with E-state index < -0.39 is 7.12 Å². The second-order valence-electron chi connectivity index (χ2n) is 5.52. The van der Waals surface area contributed by atoms with E-state index in [1.165, 1.54) is 12.5 Å². The van der Waals surface area contributed by atoms with E-state index in [1.807, 2.05) is 18.2 Å². The molecule has 4 rings (SSSR count). The third-order valence-electron chi connectivity index (χ3n) is 3.97. The van der Waals surface area contributed by atoms with Crippen LogP contribution >= 0.6 is 0 Å². The van der Waals surface area contributed by atoms with Crippen LogP contribution in [0.25, 0.3) is 27.7 Å². The molecular formula is C16H13BN6O2. The lowest BCUT2D eigenvalue weighted by Gasteiger charge is -2.12. The van der Waals surface area contributed by atoms with Crippen LogP contribution in [-0.2, 0) is 0 Å². The van der Waals surface area contributed by atoms with Gasteiger partial charge in [-0.05, 0) is 29.2 Å². The van der Waals surface area contributed by atoms with Crippen LogP contribution in [0.15, 0.2) is 55.2 Å². The first-order chi connectivity index (χ1) is 12.1. The van der Waals surface area contributed by atoms with Crippen LogP contribution in [0.2, 0.25) is 0 Å². The molecule has 0 fully saturated rings. The molecule has 0 saturated carbocycles. The number of nitrogens with two attached hydrogens (primary N) is 1. The van der Waals surface area contributed by atoms with Gasteiger partial charge in [-0.25, -0.2) is 9.67 Å². The summed E-state index contributed by atoms with van der Waals surface area (Å²) in [6.45, 7) is 0. The highest BCUT2D eigenvalue weighted by atomic mass is 16.4. The quantitative estimate of drug-likeness (QED) is 0.456. The maximum absolute atomic E-state index is 9.51. The third-order valence-corrected chi connectivity index (χ3v) is 3.97. The van der Waals surface area contributed by atoms with Gasteiger partial charge in [-0.15, -0.1) is 0 Å². The molecular weight excluding hydrogens is 319 g/mol. The molecule has 0 amide bonds. The Labute approximate surface area is 142 Å². The molecule has 0 unspecified atom stereocenters. The van der Waals surface area contributed by atoms with Gasteiger partial charge >= 0.3 is 7.12 Å². The van der Waals surface area contributed by atoms with Gasteiger partial charge in [-0.2, -0.15) is 15.3 Å². The van der Waals surface area contributed by atoms with Crippen molar-refractivity contribution in [3.05, 3.63) is 55.2 Å². The topological polar surface area (TPSA) is 123 Å². The molecule has 0 spiro atoms. The van der Waals surface area contributed by atoms with Crippen LogP contribution in [0.5, 0.6) is 0 Å². The van der Waals surface area contributed by atoms with Crippen molar-refractivity contribution in [1.29, 1.82) is 0 Å². The molecule has 0 saturated heterocycles. The van der Waals surface area contributed by atoms with Gasteiger partial charge in [0.15, 0.2) is 0 Å². The highest BCUT2D eigenvalue weighted by Crippen LogP contribution is 2.29. The lowest BCUT2D eigenvalue weighted by Crippen LogP contribution is -2.30. The van der Waals surface area contributed by atoms with E-state index in [0.717, 1.165) is 22.2 Å². The molecule has 2 aromatic heterocycles. The minimum Gasteiger partial charge on any atom is -0.423 e. The number of fused-ring (bicyclic) bond motifs is 1. The summed E-state index contributed by atoms with van der Waals surface area (Å²) < 4.78 is 1.61. The molecule has 4 N–H and O–H groups in total. The summed E-state index contributed by atoms with van der Waals surface area (Å²) in [6.07, 6.45) is 4.52. The molecule has 2 heterocycles. The fourth-order valence-electron chi connectivity index (χ4n) is 2.73. The van der Waals surface area contributed by atoms with Gasteiger partial charge in [0.1, 0.15) is 12.7 Å². The zero-order valence-electron chi connectivity index (χ0n) is 13.0. The van der Waals surface area contributed by atoms with Gasteiger partial charge in [0.05, 0.1) is 23.1 Å². The predicted octanol–water partition coefficient (Wildman–Crippen LogP) is 0.139. The fourth-order valence-corrected chi connectivity index (χ4v) is 2.73. The summed E-state index contributed by atoms with van der Waals surface area (Å²) in [6, 6.07) is 10.7. The maximum atomic E-state index is 9.51. The number of anilines is 1. The van der Waals surface area contributed by atoms with Crippen LogP contribution in [0, 0.1) is 0 Å². The average molecular weight is 332 g/mol. The number of benzene rings is 2. The summed E-state index contributed by atoms with van der Waals surface area (Å²) in [7, 11) is -1.57. The van der Waals surface area contributed by atoms with Gasteiger partial charge in [-0.3, -0.25) is 0 Å². The monoisotopic (exact) mass is 332 g/mol. The second-order valence-corrected chi connectivity index (χ2v) is 5.52. The van der Waals surface area contributed by atoms with Crippen LogP contribution in [0.3, 0.4) is 0 Å². The molecule has 8 nitrogen and oxygen atoms in total. The van der Waals surface area contributed by atoms with E-state index in [-0.39, 0.29) is 0 Å². The Morgan fingerprint density at radius 3 is 2.72 bits per heavy atom. The van der Waals surface area contributed by atoms with Crippen molar-refractivity contribution in [2.75, 3.05) is 5.73 Å². The molecule has 25 heavy (non-hydrogen) atoms. The minimum absolute atomic E-state index is 0.373. The first-order valence-electron chi connectivity index (χ1n) is 7.50. The van der Waals surface area contributed by atoms with E-state index in [2.05, 4.69) is 20.3 Å². The number of nitrogens with zero attached hydrogens (tertiary/aromatic N) is 5. The summed E-state index contributed by atoms with van der Waals surface area (Å²) in [5.74, 6) is 0. The van der Waals surface area contributed by atoms with Gasteiger partial charge in [-0.1, -0.05) is 18.2 Å². The first-order valence-corrected chi connectivity index (χ1v) is 7.50. The maximum Gasteiger partial charge on any atom is 0.488 e. The molecule has 122 valence electrons. The number of hydrogen-bond acceptors (Lipinski definition) is 7. The standard InChI is InChI=1S/C16H13BN6O2/c18-14-7-20-22-15-5-10(1-3-12(14)15)13-6-11(17(24)25)2-4-16(13)23-9-19-8-21-23/h1-9,24-25H,(H2,18,22). The summed E-state index contributed by atoms with van der Waals surface area (Å²) in [4.78, 5) is 3.97. The molecule has 0 aliphatic heterocycles. The summed E-state index contributed by atoms with van der Waals surface area (Å²) in [5.41, 5.74) is 9.82. The molecule has 0 radical (unpaired) electrons. The Morgan fingerprint density at radius 1 is 1.08 bits per heavy atom. The van der Waals surface area contributed by atoms with E-state index in [0.29, 0.717) is 16.7 Å². The highest BCUT2D eigenvalue weighted by molar-refractivity contribution is 6.58. The number of hydrogen-bond donors (Lipinski definition) is 3. The Bertz CT molecular complexity index is 1050. The van der Waals surface area contributed by atoms with E-state index in [1.54, 1.807) is 29.2 Å². The Kier molecular flexibility index (Phi) is 3.64. The van der Waals surface area contributed by atoms with E-state index in [9.17, 15) is 10.0 Å². The summed E-state index contributed by atoms with van der Waals surface area (Å²) in [5, 5.41) is 32.0. The van der Waals surface area contributed by atoms with Crippen molar-refractivity contribution in [1.82, 2.24) is 25.0 Å². The van der Waals surface area contributed by atoms with Crippen molar-refractivity contribution >= 4 is 29.2 Å². The van der Waals surface area contributed by atoms with Crippen molar-refractivity contribution < 1.29 is 10.0 Å². The Balaban J connectivity index is 1.95. The first kappa shape index (κ1) is 15.2. The number of rotatable bonds is 3. The van der Waals surface area contributed by atoms with Gasteiger partial charge in [0.2, 0.25) is 0 Å². The largest absolute Gasteiger partial charge is 0.488 e. The molecule has 9 heteroatoms. The third kappa shape index (κ3) is 2.71. The average Bonchev–Trinajstić information content (AvgIpc) is 3.15. The van der Waals surface area contributed by atoms with Gasteiger partial charge in [0.25, 0.3) is 0 Å². The van der Waals surface area contributed by atoms with Crippen LogP contribution in [0.4, 0.5) is 5.69 Å². The lowest BCUT2D eigenvalue weighted by molar-refractivity contribution is 0.426. The molecule has 0 aliphatic rings. The zero-order valence-corrected chi connectivity index (χ0v) is 13.0. The smallest absolute Gasteiger partial charge is 0.423 e. The Morgan fingerprint density at radius 2 is 1.96 bits per heavy atom. The van der Waals surface area contributed by atoms with Crippen LogP contribution < -0.4 is 11.2 Å². The minimum atomic E-state index is -1.57. The van der Waals surface area contributed by atoms with Crippen molar-refractivity contribution in [3.63, 3.8) is 0 Å². The van der Waals surface area contributed by atoms with Crippen molar-refractivity contribution in [2.45, 2.75) is 0 Å². The summed E-state index contributed by atoms with van der Waals surface area (Å²) >= 11 is 0. The normalized spacial score (nSPS) is 11.0.